The van der Waals surface area contributed by atoms with E-state index in [0.717, 1.165) is 0 Å². The number of amides is 2. The van der Waals surface area contributed by atoms with Gasteiger partial charge in [-0.2, -0.15) is 0 Å². The summed E-state index contributed by atoms with van der Waals surface area (Å²) < 4.78 is 16.6. The summed E-state index contributed by atoms with van der Waals surface area (Å²) in [5, 5.41) is 2.76. The molecule has 0 aliphatic rings. The van der Waals surface area contributed by atoms with E-state index < -0.39 is 11.8 Å². The van der Waals surface area contributed by atoms with E-state index >= 15 is 0 Å². The summed E-state index contributed by atoms with van der Waals surface area (Å²) in [6.45, 7) is 0. The van der Waals surface area contributed by atoms with Crippen molar-refractivity contribution in [2.24, 2.45) is 5.73 Å². The first-order valence-corrected chi connectivity index (χ1v) is 8.58. The Kier molecular flexibility index (Phi) is 5.94. The zero-order valence-electron chi connectivity index (χ0n) is 15.8. The van der Waals surface area contributed by atoms with Gasteiger partial charge >= 0.3 is 0 Å². The van der Waals surface area contributed by atoms with Crippen molar-refractivity contribution in [2.75, 3.05) is 19.5 Å². The number of nitrogens with zero attached hydrogens (tertiary/aromatic N) is 1. The molecule has 0 unspecified atom stereocenters. The van der Waals surface area contributed by atoms with Crippen molar-refractivity contribution in [1.29, 1.82) is 0 Å². The lowest BCUT2D eigenvalue weighted by Crippen LogP contribution is -2.17. The molecule has 1 heterocycles. The molecule has 0 aliphatic heterocycles. The normalized spacial score (nSPS) is 10.1. The quantitative estimate of drug-likeness (QED) is 0.637. The second-order valence-electron chi connectivity index (χ2n) is 5.83. The van der Waals surface area contributed by atoms with Crippen LogP contribution in [0.3, 0.4) is 0 Å². The van der Waals surface area contributed by atoms with Gasteiger partial charge in [0.2, 0.25) is 0 Å². The summed E-state index contributed by atoms with van der Waals surface area (Å²) in [5.41, 5.74) is 5.76. The van der Waals surface area contributed by atoms with Crippen LogP contribution in [0.2, 0.25) is 0 Å². The molecule has 29 heavy (non-hydrogen) atoms. The first-order valence-electron chi connectivity index (χ1n) is 8.58. The van der Waals surface area contributed by atoms with Crippen LogP contribution < -0.4 is 25.3 Å². The van der Waals surface area contributed by atoms with E-state index in [-0.39, 0.29) is 11.3 Å². The van der Waals surface area contributed by atoms with Crippen molar-refractivity contribution in [2.45, 2.75) is 0 Å². The van der Waals surface area contributed by atoms with E-state index in [9.17, 15) is 9.59 Å². The lowest BCUT2D eigenvalue weighted by Gasteiger charge is -2.16. The van der Waals surface area contributed by atoms with Crippen LogP contribution in [-0.2, 0) is 0 Å². The molecule has 2 amide bonds. The van der Waals surface area contributed by atoms with Gasteiger partial charge in [0.1, 0.15) is 17.1 Å². The lowest BCUT2D eigenvalue weighted by molar-refractivity contribution is 0.0995. The molecule has 3 N–H and O–H groups in total. The maximum absolute atomic E-state index is 12.8. The molecule has 0 radical (unpaired) electrons. The van der Waals surface area contributed by atoms with Crippen molar-refractivity contribution in [3.8, 4) is 23.0 Å². The van der Waals surface area contributed by atoms with Crippen LogP contribution in [0.25, 0.3) is 0 Å². The molecule has 0 fully saturated rings. The summed E-state index contributed by atoms with van der Waals surface area (Å²) >= 11 is 0. The second-order valence-corrected chi connectivity index (χ2v) is 5.83. The highest BCUT2D eigenvalue weighted by Crippen LogP contribution is 2.39. The van der Waals surface area contributed by atoms with Crippen molar-refractivity contribution in [3.63, 3.8) is 0 Å². The summed E-state index contributed by atoms with van der Waals surface area (Å²) in [6.07, 6.45) is 1.34. The lowest BCUT2D eigenvalue weighted by atomic mass is 10.2. The fraction of sp³-hybridized carbons (Fsp3) is 0.0952. The van der Waals surface area contributed by atoms with Crippen molar-refractivity contribution >= 4 is 17.5 Å². The van der Waals surface area contributed by atoms with Gasteiger partial charge in [0.25, 0.3) is 11.8 Å². The maximum atomic E-state index is 12.8. The Hall–Kier alpha value is -4.07. The third-order valence-electron chi connectivity index (χ3n) is 4.01. The number of primary amides is 1. The number of carbonyl (C=O) groups is 2. The van der Waals surface area contributed by atoms with E-state index in [4.69, 9.17) is 19.9 Å². The molecular weight excluding hydrogens is 374 g/mol. The molecule has 148 valence electrons. The third kappa shape index (κ3) is 4.44. The predicted octanol–water partition coefficient (Wildman–Crippen LogP) is 3.24. The zero-order valence-corrected chi connectivity index (χ0v) is 15.8. The fourth-order valence-corrected chi connectivity index (χ4v) is 2.60. The molecular formula is C21H19N3O5. The number of pyridine rings is 1. The minimum absolute atomic E-state index is 0.0110. The average molecular weight is 393 g/mol. The first-order chi connectivity index (χ1) is 14.0. The molecule has 0 bridgehead atoms. The van der Waals surface area contributed by atoms with E-state index in [1.807, 2.05) is 6.07 Å². The minimum atomic E-state index is -0.725. The summed E-state index contributed by atoms with van der Waals surface area (Å²) in [7, 11) is 3.02. The third-order valence-corrected chi connectivity index (χ3v) is 4.01. The number of hydrogen-bond donors (Lipinski definition) is 2. The largest absolute Gasteiger partial charge is 0.494 e. The van der Waals surface area contributed by atoms with Gasteiger partial charge in [-0.05, 0) is 36.4 Å². The molecule has 2 aromatic carbocycles. The number of rotatable bonds is 7. The summed E-state index contributed by atoms with van der Waals surface area (Å²) in [4.78, 5) is 27.9. The number of hydrogen-bond acceptors (Lipinski definition) is 6. The van der Waals surface area contributed by atoms with Gasteiger partial charge in [-0.1, -0.05) is 18.2 Å². The number of benzene rings is 2. The molecule has 3 aromatic rings. The van der Waals surface area contributed by atoms with Gasteiger partial charge in [-0.25, -0.2) is 0 Å². The SMILES string of the molecule is COc1ccccc1Oc1cccc(OC)c1NC(=O)c1ccnc(C(N)=O)c1. The van der Waals surface area contributed by atoms with E-state index in [1.54, 1.807) is 36.4 Å². The van der Waals surface area contributed by atoms with Gasteiger partial charge in [-0.15, -0.1) is 0 Å². The number of ether oxygens (including phenoxy) is 3. The number of nitrogens with one attached hydrogen (secondary N) is 1. The number of carbonyl (C=O) groups excluding carboxylic acids is 2. The highest BCUT2D eigenvalue weighted by molar-refractivity contribution is 6.07. The number of aromatic nitrogens is 1. The van der Waals surface area contributed by atoms with Crippen molar-refractivity contribution in [3.05, 3.63) is 72.1 Å². The molecule has 3 rings (SSSR count). The number of para-hydroxylation sites is 3. The average Bonchev–Trinajstić information content (AvgIpc) is 2.75. The highest BCUT2D eigenvalue weighted by atomic mass is 16.5. The topological polar surface area (TPSA) is 113 Å². The standard InChI is InChI=1S/C21H19N3O5/c1-27-15-6-3-4-7-16(15)29-18-9-5-8-17(28-2)19(18)24-21(26)13-10-11-23-14(12-13)20(22)25/h3-12H,1-2H3,(H2,22,25)(H,24,26). The van der Waals surface area contributed by atoms with Crippen molar-refractivity contribution < 1.29 is 23.8 Å². The fourth-order valence-electron chi connectivity index (χ4n) is 2.60. The van der Waals surface area contributed by atoms with E-state index in [0.29, 0.717) is 28.7 Å². The molecule has 0 aliphatic carbocycles. The molecule has 0 saturated heterocycles. The minimum Gasteiger partial charge on any atom is -0.494 e. The van der Waals surface area contributed by atoms with Crippen LogP contribution in [0, 0.1) is 0 Å². The molecule has 8 heteroatoms. The van der Waals surface area contributed by atoms with Gasteiger partial charge in [0, 0.05) is 11.8 Å². The first kappa shape index (κ1) is 19.7. The van der Waals surface area contributed by atoms with E-state index in [2.05, 4.69) is 10.3 Å². The number of nitrogens with two attached hydrogens (primary N) is 1. The highest BCUT2D eigenvalue weighted by Gasteiger charge is 2.17. The summed E-state index contributed by atoms with van der Waals surface area (Å²) in [5.74, 6) is 0.550. The van der Waals surface area contributed by atoms with Gasteiger partial charge in [0.05, 0.1) is 14.2 Å². The predicted molar refractivity (Wildman–Crippen MR) is 107 cm³/mol. The van der Waals surface area contributed by atoms with Crippen LogP contribution in [0.1, 0.15) is 20.8 Å². The van der Waals surface area contributed by atoms with Crippen LogP contribution in [0.5, 0.6) is 23.0 Å². The molecule has 8 nitrogen and oxygen atoms in total. The van der Waals surface area contributed by atoms with Crippen LogP contribution in [-0.4, -0.2) is 31.0 Å². The van der Waals surface area contributed by atoms with Gasteiger partial charge < -0.3 is 25.3 Å². The Morgan fingerprint density at radius 1 is 0.897 bits per heavy atom. The van der Waals surface area contributed by atoms with E-state index in [1.165, 1.54) is 32.5 Å². The molecule has 1 aromatic heterocycles. The molecule has 0 spiro atoms. The second kappa shape index (κ2) is 8.75. The van der Waals surface area contributed by atoms with Gasteiger partial charge in [-0.3, -0.25) is 14.6 Å². The molecule has 0 saturated carbocycles. The maximum Gasteiger partial charge on any atom is 0.267 e. The molecule has 0 atom stereocenters. The Morgan fingerprint density at radius 3 is 2.24 bits per heavy atom. The smallest absolute Gasteiger partial charge is 0.267 e. The zero-order chi connectivity index (χ0) is 20.8. The summed E-state index contributed by atoms with van der Waals surface area (Å²) in [6, 6.07) is 15.0. The Morgan fingerprint density at radius 2 is 1.55 bits per heavy atom. The Bertz CT molecular complexity index is 1050. The Labute approximate surface area is 167 Å². The number of anilines is 1. The van der Waals surface area contributed by atoms with Crippen LogP contribution >= 0.6 is 0 Å². The Balaban J connectivity index is 1.95. The van der Waals surface area contributed by atoms with Gasteiger partial charge in [0.15, 0.2) is 17.2 Å². The monoisotopic (exact) mass is 393 g/mol. The van der Waals surface area contributed by atoms with Crippen molar-refractivity contribution in [1.82, 2.24) is 4.98 Å². The van der Waals surface area contributed by atoms with Crippen LogP contribution in [0.4, 0.5) is 5.69 Å². The van der Waals surface area contributed by atoms with Crippen LogP contribution in [0.15, 0.2) is 60.8 Å². The number of methoxy groups -OCH3 is 2.